The molecule has 1 saturated heterocycles. The van der Waals surface area contributed by atoms with Gasteiger partial charge in [0, 0.05) is 36.5 Å². The van der Waals surface area contributed by atoms with Crippen LogP contribution in [-0.2, 0) is 9.53 Å². The average molecular weight is 352 g/mol. The van der Waals surface area contributed by atoms with Crippen LogP contribution in [0.4, 0.5) is 5.69 Å². The van der Waals surface area contributed by atoms with Crippen molar-refractivity contribution in [3.63, 3.8) is 0 Å². The molecule has 0 radical (unpaired) electrons. The van der Waals surface area contributed by atoms with Crippen molar-refractivity contribution >= 4 is 23.6 Å². The number of anilines is 1. The van der Waals surface area contributed by atoms with Crippen LogP contribution in [0.1, 0.15) is 42.7 Å². The van der Waals surface area contributed by atoms with Crippen LogP contribution in [0.2, 0.25) is 0 Å². The molecule has 5 heteroatoms. The number of methoxy groups -OCH3 is 1. The number of nitrogens with zero attached hydrogens (tertiary/aromatic N) is 2. The molecule has 0 saturated carbocycles. The van der Waals surface area contributed by atoms with Gasteiger partial charge in [0.1, 0.15) is 11.3 Å². The lowest BCUT2D eigenvalue weighted by molar-refractivity contribution is -0.135. The fraction of sp³-hybridized carbons (Fsp3) is 0.429. The van der Waals surface area contributed by atoms with E-state index in [0.29, 0.717) is 6.54 Å². The molecule has 2 heterocycles. The van der Waals surface area contributed by atoms with Gasteiger partial charge in [-0.3, -0.25) is 4.99 Å². The summed E-state index contributed by atoms with van der Waals surface area (Å²) in [6.45, 7) is 2.53. The van der Waals surface area contributed by atoms with E-state index in [1.165, 1.54) is 32.1 Å². The topological polar surface area (TPSA) is 62.1 Å². The van der Waals surface area contributed by atoms with Crippen molar-refractivity contribution in [2.24, 2.45) is 4.99 Å². The lowest BCUT2D eigenvalue weighted by Gasteiger charge is -2.30. The number of carbonyl (C=O) groups is 1. The molecular weight excluding hydrogens is 328 g/mol. The number of rotatable bonds is 2. The zero-order valence-corrected chi connectivity index (χ0v) is 15.1. The van der Waals surface area contributed by atoms with E-state index in [2.05, 4.69) is 28.1 Å². The first-order chi connectivity index (χ1) is 12.7. The van der Waals surface area contributed by atoms with Crippen molar-refractivity contribution in [2.75, 3.05) is 31.6 Å². The number of esters is 1. The van der Waals surface area contributed by atoms with Gasteiger partial charge < -0.3 is 14.7 Å². The summed E-state index contributed by atoms with van der Waals surface area (Å²) in [5.74, 6) is -0.416. The van der Waals surface area contributed by atoms with Gasteiger partial charge in [0.15, 0.2) is 0 Å². The number of ether oxygens (including phenoxy) is 1. The van der Waals surface area contributed by atoms with Gasteiger partial charge in [-0.25, -0.2) is 4.79 Å². The summed E-state index contributed by atoms with van der Waals surface area (Å²) < 4.78 is 4.92. The summed E-state index contributed by atoms with van der Waals surface area (Å²) in [5, 5.41) is 10.9. The molecule has 26 heavy (non-hydrogen) atoms. The van der Waals surface area contributed by atoms with Crippen LogP contribution in [0.15, 0.2) is 40.4 Å². The number of hydrogen-bond donors (Lipinski definition) is 1. The Hall–Kier alpha value is -2.56. The highest BCUT2D eigenvalue weighted by Gasteiger charge is 2.30. The predicted molar refractivity (Wildman–Crippen MR) is 103 cm³/mol. The molecule has 136 valence electrons. The molecule has 1 fully saturated rings. The maximum Gasteiger partial charge on any atom is 0.342 e. The highest BCUT2D eigenvalue weighted by atomic mass is 16.5. The first-order valence-corrected chi connectivity index (χ1v) is 9.29. The summed E-state index contributed by atoms with van der Waals surface area (Å²) in [7, 11) is 1.34. The number of hydrogen-bond acceptors (Lipinski definition) is 5. The molecule has 4 rings (SSSR count). The largest absolute Gasteiger partial charge is 0.506 e. The van der Waals surface area contributed by atoms with Gasteiger partial charge in [-0.05, 0) is 55.0 Å². The monoisotopic (exact) mass is 352 g/mol. The lowest BCUT2D eigenvalue weighted by atomic mass is 9.91. The van der Waals surface area contributed by atoms with Crippen LogP contribution in [0.3, 0.4) is 0 Å². The van der Waals surface area contributed by atoms with Crippen molar-refractivity contribution in [3.05, 3.63) is 46.5 Å². The standard InChI is InChI=1S/C21H24N2O3/c1-26-21(25)19-15-11-14(7-8-22-13-15)18-12-16(5-6-17(18)20(19)24)23-9-3-2-4-10-23/h5-6,8,11-12,14,24H,2-4,7,9-10,13H2,1H3. The van der Waals surface area contributed by atoms with Crippen molar-refractivity contribution in [3.8, 4) is 0 Å². The second-order valence-electron chi connectivity index (χ2n) is 7.09. The number of aliphatic imine (C=N–C) groups is 1. The third-order valence-corrected chi connectivity index (χ3v) is 5.51. The van der Waals surface area contributed by atoms with Crippen LogP contribution in [0, 0.1) is 0 Å². The summed E-state index contributed by atoms with van der Waals surface area (Å²) in [4.78, 5) is 19.1. The summed E-state index contributed by atoms with van der Waals surface area (Å²) >= 11 is 0. The number of piperidine rings is 1. The third kappa shape index (κ3) is 2.91. The van der Waals surface area contributed by atoms with Crippen molar-refractivity contribution < 1.29 is 14.6 Å². The molecular formula is C21H24N2O3. The van der Waals surface area contributed by atoms with Gasteiger partial charge >= 0.3 is 5.97 Å². The molecule has 2 aliphatic heterocycles. The van der Waals surface area contributed by atoms with E-state index in [0.717, 1.165) is 36.2 Å². The molecule has 1 atom stereocenters. The number of aliphatic hydroxyl groups is 1. The normalized spacial score (nSPS) is 22.3. The van der Waals surface area contributed by atoms with Gasteiger partial charge in [0.2, 0.25) is 0 Å². The SMILES string of the molecule is COC(=O)C1=C(O)c2ccc(N3CCCCC3)cc2C2C=C1CN=CC2. The highest BCUT2D eigenvalue weighted by Crippen LogP contribution is 2.39. The van der Waals surface area contributed by atoms with Gasteiger partial charge in [-0.2, -0.15) is 0 Å². The number of carbonyl (C=O) groups excluding carboxylic acids is 1. The Bertz CT molecular complexity index is 817. The molecule has 3 aliphatic rings. The smallest absolute Gasteiger partial charge is 0.342 e. The first kappa shape index (κ1) is 16.9. The molecule has 0 amide bonds. The summed E-state index contributed by atoms with van der Waals surface area (Å²) in [6, 6.07) is 6.17. The zero-order valence-electron chi connectivity index (χ0n) is 15.1. The van der Waals surface area contributed by atoms with E-state index in [9.17, 15) is 9.90 Å². The molecule has 1 aromatic rings. The quantitative estimate of drug-likeness (QED) is 0.826. The number of fused-ring (bicyclic) bond motifs is 3. The van der Waals surface area contributed by atoms with Crippen molar-refractivity contribution in [1.29, 1.82) is 0 Å². The van der Waals surface area contributed by atoms with Gasteiger partial charge in [0.25, 0.3) is 0 Å². The van der Waals surface area contributed by atoms with Crippen molar-refractivity contribution in [2.45, 2.75) is 31.6 Å². The Morgan fingerprint density at radius 1 is 1.27 bits per heavy atom. The second-order valence-corrected chi connectivity index (χ2v) is 7.09. The minimum absolute atomic E-state index is 0.00268. The van der Waals surface area contributed by atoms with E-state index < -0.39 is 5.97 Å². The summed E-state index contributed by atoms with van der Waals surface area (Å²) in [6.07, 6.45) is 8.48. The molecule has 1 aromatic carbocycles. The molecule has 1 aliphatic carbocycles. The average Bonchev–Trinajstić information content (AvgIpc) is 2.99. The maximum absolute atomic E-state index is 12.3. The predicted octanol–water partition coefficient (Wildman–Crippen LogP) is 3.62. The lowest BCUT2D eigenvalue weighted by Crippen LogP contribution is -2.29. The van der Waals surface area contributed by atoms with Crippen LogP contribution in [0.25, 0.3) is 5.76 Å². The minimum atomic E-state index is -0.516. The molecule has 0 aromatic heterocycles. The molecule has 0 spiro atoms. The Balaban J connectivity index is 1.84. The Morgan fingerprint density at radius 3 is 2.85 bits per heavy atom. The van der Waals surface area contributed by atoms with E-state index >= 15 is 0 Å². The van der Waals surface area contributed by atoms with E-state index in [-0.39, 0.29) is 17.3 Å². The zero-order chi connectivity index (χ0) is 18.1. The molecule has 1 unspecified atom stereocenters. The third-order valence-electron chi connectivity index (χ3n) is 5.51. The Kier molecular flexibility index (Phi) is 4.53. The van der Waals surface area contributed by atoms with Crippen LogP contribution < -0.4 is 4.90 Å². The van der Waals surface area contributed by atoms with E-state index in [1.807, 2.05) is 12.3 Å². The Morgan fingerprint density at radius 2 is 2.08 bits per heavy atom. The molecule has 2 bridgehead atoms. The van der Waals surface area contributed by atoms with Crippen LogP contribution in [0.5, 0.6) is 0 Å². The van der Waals surface area contributed by atoms with E-state index in [1.54, 1.807) is 0 Å². The van der Waals surface area contributed by atoms with Gasteiger partial charge in [-0.1, -0.05) is 6.08 Å². The second kappa shape index (κ2) is 6.98. The van der Waals surface area contributed by atoms with Gasteiger partial charge in [0.05, 0.1) is 13.7 Å². The highest BCUT2D eigenvalue weighted by molar-refractivity contribution is 6.01. The number of allylic oxidation sites excluding steroid dienone is 1. The van der Waals surface area contributed by atoms with Crippen molar-refractivity contribution in [1.82, 2.24) is 0 Å². The first-order valence-electron chi connectivity index (χ1n) is 9.29. The Labute approximate surface area is 153 Å². The van der Waals surface area contributed by atoms with Gasteiger partial charge in [-0.15, -0.1) is 0 Å². The maximum atomic E-state index is 12.3. The van der Waals surface area contributed by atoms with E-state index in [4.69, 9.17) is 4.74 Å². The number of benzene rings is 1. The van der Waals surface area contributed by atoms with Crippen LogP contribution >= 0.6 is 0 Å². The van der Waals surface area contributed by atoms with Crippen LogP contribution in [-0.4, -0.2) is 44.0 Å². The fourth-order valence-corrected chi connectivity index (χ4v) is 4.13. The minimum Gasteiger partial charge on any atom is -0.506 e. The molecule has 1 N–H and O–H groups in total. The summed E-state index contributed by atoms with van der Waals surface area (Å²) in [5.41, 5.74) is 3.94. The molecule has 5 nitrogen and oxygen atoms in total. The fourth-order valence-electron chi connectivity index (χ4n) is 4.13. The number of aliphatic hydroxyl groups excluding tert-OH is 1.